The van der Waals surface area contributed by atoms with Crippen LogP contribution in [0, 0.1) is 0 Å². The van der Waals surface area contributed by atoms with Crippen LogP contribution in [0.15, 0.2) is 83.5 Å². The van der Waals surface area contributed by atoms with Gasteiger partial charge in [0.2, 0.25) is 0 Å². The fourth-order valence-electron chi connectivity index (χ4n) is 3.38. The maximum Gasteiger partial charge on any atom is 0.254 e. The van der Waals surface area contributed by atoms with E-state index in [1.54, 1.807) is 6.26 Å². The SMILES string of the molecule is O=C(/C(=C/c1ccco1)c1ccccc1)N1CCN(c2ccccc2)CC1. The fraction of sp³-hybridized carbons (Fsp3) is 0.174. The second kappa shape index (κ2) is 7.96. The molecule has 0 aliphatic carbocycles. The number of furan rings is 1. The van der Waals surface area contributed by atoms with E-state index in [9.17, 15) is 4.79 Å². The Morgan fingerprint density at radius 1 is 0.815 bits per heavy atom. The molecule has 1 aliphatic heterocycles. The molecule has 1 amide bonds. The molecule has 4 rings (SSSR count). The normalized spacial score (nSPS) is 15.0. The Labute approximate surface area is 159 Å². The zero-order valence-corrected chi connectivity index (χ0v) is 15.1. The number of nitrogens with zero attached hydrogens (tertiary/aromatic N) is 2. The van der Waals surface area contributed by atoms with Crippen molar-refractivity contribution < 1.29 is 9.21 Å². The summed E-state index contributed by atoms with van der Waals surface area (Å²) in [5, 5.41) is 0. The number of rotatable bonds is 4. The molecular weight excluding hydrogens is 336 g/mol. The zero-order valence-electron chi connectivity index (χ0n) is 15.1. The highest BCUT2D eigenvalue weighted by molar-refractivity contribution is 6.24. The fourth-order valence-corrected chi connectivity index (χ4v) is 3.38. The van der Waals surface area contributed by atoms with Gasteiger partial charge in [-0.3, -0.25) is 4.79 Å². The third-order valence-electron chi connectivity index (χ3n) is 4.83. The van der Waals surface area contributed by atoms with Gasteiger partial charge >= 0.3 is 0 Å². The summed E-state index contributed by atoms with van der Waals surface area (Å²) in [5.41, 5.74) is 2.78. The van der Waals surface area contributed by atoms with Gasteiger partial charge in [0.1, 0.15) is 5.76 Å². The number of benzene rings is 2. The third-order valence-corrected chi connectivity index (χ3v) is 4.83. The van der Waals surface area contributed by atoms with E-state index in [1.807, 2.05) is 71.6 Å². The number of carbonyl (C=O) groups excluding carboxylic acids is 1. The van der Waals surface area contributed by atoms with Crippen LogP contribution >= 0.6 is 0 Å². The molecule has 136 valence electrons. The number of para-hydroxylation sites is 1. The maximum absolute atomic E-state index is 13.3. The molecule has 0 spiro atoms. The van der Waals surface area contributed by atoms with Gasteiger partial charge in [0.15, 0.2) is 0 Å². The Hall–Kier alpha value is -3.27. The van der Waals surface area contributed by atoms with E-state index in [1.165, 1.54) is 5.69 Å². The first-order chi connectivity index (χ1) is 13.3. The number of hydrogen-bond acceptors (Lipinski definition) is 3. The molecule has 0 atom stereocenters. The Kier molecular flexibility index (Phi) is 5.06. The lowest BCUT2D eigenvalue weighted by molar-refractivity contribution is -0.125. The Morgan fingerprint density at radius 2 is 1.48 bits per heavy atom. The summed E-state index contributed by atoms with van der Waals surface area (Å²) in [6, 6.07) is 23.8. The summed E-state index contributed by atoms with van der Waals surface area (Å²) in [5.74, 6) is 0.732. The van der Waals surface area contributed by atoms with Crippen LogP contribution in [0.1, 0.15) is 11.3 Å². The van der Waals surface area contributed by atoms with Gasteiger partial charge in [0.05, 0.1) is 11.8 Å². The van der Waals surface area contributed by atoms with Crippen LogP contribution in [0.5, 0.6) is 0 Å². The van der Waals surface area contributed by atoms with Gasteiger partial charge in [-0.2, -0.15) is 0 Å². The van der Waals surface area contributed by atoms with Crippen LogP contribution in [0.2, 0.25) is 0 Å². The minimum absolute atomic E-state index is 0.0466. The quantitative estimate of drug-likeness (QED) is 0.657. The monoisotopic (exact) mass is 358 g/mol. The highest BCUT2D eigenvalue weighted by Crippen LogP contribution is 2.23. The van der Waals surface area contributed by atoms with Gasteiger partial charge in [-0.1, -0.05) is 48.5 Å². The molecule has 0 radical (unpaired) electrons. The molecule has 1 aromatic heterocycles. The molecular formula is C23H22N2O2. The van der Waals surface area contributed by atoms with Crippen molar-refractivity contribution in [3.8, 4) is 0 Å². The van der Waals surface area contributed by atoms with E-state index in [4.69, 9.17) is 4.42 Å². The first kappa shape index (κ1) is 17.2. The average Bonchev–Trinajstić information content (AvgIpc) is 3.26. The molecule has 3 aromatic rings. The van der Waals surface area contributed by atoms with Crippen molar-refractivity contribution in [2.24, 2.45) is 0 Å². The average molecular weight is 358 g/mol. The molecule has 0 saturated carbocycles. The number of piperazine rings is 1. The second-order valence-electron chi connectivity index (χ2n) is 6.55. The van der Waals surface area contributed by atoms with Gasteiger partial charge in [0, 0.05) is 31.9 Å². The molecule has 0 N–H and O–H groups in total. The van der Waals surface area contributed by atoms with Gasteiger partial charge in [-0.05, 0) is 35.9 Å². The van der Waals surface area contributed by atoms with Crippen LogP contribution in [-0.4, -0.2) is 37.0 Å². The molecule has 27 heavy (non-hydrogen) atoms. The highest BCUT2D eigenvalue weighted by Gasteiger charge is 2.24. The van der Waals surface area contributed by atoms with E-state index in [0.717, 1.165) is 18.7 Å². The number of amides is 1. The van der Waals surface area contributed by atoms with E-state index < -0.39 is 0 Å². The maximum atomic E-state index is 13.3. The Balaban J connectivity index is 1.53. The van der Waals surface area contributed by atoms with Crippen molar-refractivity contribution in [3.63, 3.8) is 0 Å². The van der Waals surface area contributed by atoms with Gasteiger partial charge in [-0.15, -0.1) is 0 Å². The van der Waals surface area contributed by atoms with Crippen LogP contribution in [0.3, 0.4) is 0 Å². The topological polar surface area (TPSA) is 36.7 Å². The summed E-state index contributed by atoms with van der Waals surface area (Å²) in [6.07, 6.45) is 3.46. The van der Waals surface area contributed by atoms with Crippen LogP contribution in [0.4, 0.5) is 5.69 Å². The van der Waals surface area contributed by atoms with Crippen molar-refractivity contribution in [2.75, 3.05) is 31.1 Å². The number of hydrogen-bond donors (Lipinski definition) is 0. The smallest absolute Gasteiger partial charge is 0.254 e. The first-order valence-electron chi connectivity index (χ1n) is 9.21. The van der Waals surface area contributed by atoms with Gasteiger partial charge in [0.25, 0.3) is 5.91 Å². The highest BCUT2D eigenvalue weighted by atomic mass is 16.3. The standard InChI is InChI=1S/C23H22N2O2/c26-23(25-15-13-24(14-16-25)20-10-5-2-6-11-20)22(18-21-12-7-17-27-21)19-8-3-1-4-9-19/h1-12,17-18H,13-16H2/b22-18+. The molecule has 0 bridgehead atoms. The second-order valence-corrected chi connectivity index (χ2v) is 6.55. The van der Waals surface area contributed by atoms with Crippen molar-refractivity contribution in [2.45, 2.75) is 0 Å². The van der Waals surface area contributed by atoms with Crippen LogP contribution in [0.25, 0.3) is 11.6 Å². The molecule has 4 nitrogen and oxygen atoms in total. The largest absolute Gasteiger partial charge is 0.465 e. The van der Waals surface area contributed by atoms with Gasteiger partial charge < -0.3 is 14.2 Å². The Bertz CT molecular complexity index is 894. The van der Waals surface area contributed by atoms with Crippen molar-refractivity contribution in [1.29, 1.82) is 0 Å². The summed E-state index contributed by atoms with van der Waals surface area (Å²) >= 11 is 0. The lowest BCUT2D eigenvalue weighted by atomic mass is 10.0. The Morgan fingerprint density at radius 3 is 2.11 bits per heavy atom. The molecule has 2 aromatic carbocycles. The predicted octanol–water partition coefficient (Wildman–Crippen LogP) is 4.17. The minimum Gasteiger partial charge on any atom is -0.465 e. The molecule has 1 aliphatic rings. The third kappa shape index (κ3) is 3.95. The van der Waals surface area contributed by atoms with Crippen molar-refractivity contribution >= 4 is 23.2 Å². The molecule has 0 unspecified atom stereocenters. The molecule has 2 heterocycles. The van der Waals surface area contributed by atoms with E-state index >= 15 is 0 Å². The molecule has 4 heteroatoms. The predicted molar refractivity (Wildman–Crippen MR) is 108 cm³/mol. The van der Waals surface area contributed by atoms with E-state index in [0.29, 0.717) is 24.4 Å². The number of carbonyl (C=O) groups is 1. The summed E-state index contributed by atoms with van der Waals surface area (Å²) in [4.78, 5) is 17.5. The summed E-state index contributed by atoms with van der Waals surface area (Å²) in [7, 11) is 0. The lowest BCUT2D eigenvalue weighted by Crippen LogP contribution is -2.49. The van der Waals surface area contributed by atoms with E-state index in [-0.39, 0.29) is 5.91 Å². The summed E-state index contributed by atoms with van der Waals surface area (Å²) in [6.45, 7) is 3.07. The minimum atomic E-state index is 0.0466. The lowest BCUT2D eigenvalue weighted by Gasteiger charge is -2.36. The van der Waals surface area contributed by atoms with Crippen molar-refractivity contribution in [3.05, 3.63) is 90.4 Å². The summed E-state index contributed by atoms with van der Waals surface area (Å²) < 4.78 is 5.44. The number of anilines is 1. The van der Waals surface area contributed by atoms with Crippen molar-refractivity contribution in [1.82, 2.24) is 4.90 Å². The van der Waals surface area contributed by atoms with E-state index in [2.05, 4.69) is 17.0 Å². The van der Waals surface area contributed by atoms with Gasteiger partial charge in [-0.25, -0.2) is 0 Å². The molecule has 1 saturated heterocycles. The zero-order chi connectivity index (χ0) is 18.5. The molecule has 1 fully saturated rings. The van der Waals surface area contributed by atoms with Crippen LogP contribution in [-0.2, 0) is 4.79 Å². The first-order valence-corrected chi connectivity index (χ1v) is 9.21. The van der Waals surface area contributed by atoms with Crippen LogP contribution < -0.4 is 4.90 Å².